The van der Waals surface area contributed by atoms with Gasteiger partial charge in [0.05, 0.1) is 20.3 Å². The molecule has 0 aliphatic carbocycles. The molecule has 1 unspecified atom stereocenters. The van der Waals surface area contributed by atoms with Gasteiger partial charge >= 0.3 is 0 Å². The van der Waals surface area contributed by atoms with E-state index in [1.54, 1.807) is 25.6 Å². The molecule has 1 aromatic carbocycles. The molecule has 0 aliphatic heterocycles. The zero-order valence-corrected chi connectivity index (χ0v) is 21.3. The number of rotatable bonds is 9. The summed E-state index contributed by atoms with van der Waals surface area (Å²) in [5.41, 5.74) is 1.16. The van der Waals surface area contributed by atoms with Crippen molar-refractivity contribution < 1.29 is 9.47 Å². The summed E-state index contributed by atoms with van der Waals surface area (Å²) in [5, 5.41) is 5.63. The third-order valence-corrected chi connectivity index (χ3v) is 5.65. The van der Waals surface area contributed by atoms with Crippen LogP contribution in [0.2, 0.25) is 0 Å². The van der Waals surface area contributed by atoms with Gasteiger partial charge in [0.1, 0.15) is 0 Å². The Morgan fingerprint density at radius 2 is 1.86 bits per heavy atom. The first-order valence-electron chi connectivity index (χ1n) is 9.32. The van der Waals surface area contributed by atoms with Gasteiger partial charge in [0.2, 0.25) is 0 Å². The van der Waals surface area contributed by atoms with Gasteiger partial charge in [0.25, 0.3) is 0 Å². The Morgan fingerprint density at radius 1 is 1.14 bits per heavy atom. The molecular formula is C21H33IN4O2S. The first-order chi connectivity index (χ1) is 13.5. The highest BCUT2D eigenvalue weighted by molar-refractivity contribution is 14.0. The number of hydrogen-bond acceptors (Lipinski definition) is 5. The van der Waals surface area contributed by atoms with Crippen LogP contribution in [-0.4, -0.2) is 71.3 Å². The van der Waals surface area contributed by atoms with Crippen molar-refractivity contribution in [3.05, 3.63) is 46.2 Å². The molecule has 8 heteroatoms. The molecule has 2 aromatic rings. The van der Waals surface area contributed by atoms with Crippen LogP contribution >= 0.6 is 35.3 Å². The van der Waals surface area contributed by atoms with Crippen LogP contribution < -0.4 is 14.8 Å². The van der Waals surface area contributed by atoms with Crippen LogP contribution in [0.4, 0.5) is 0 Å². The number of ether oxygens (including phenoxy) is 2. The highest BCUT2D eigenvalue weighted by Gasteiger charge is 2.18. The van der Waals surface area contributed by atoms with Gasteiger partial charge in [0.15, 0.2) is 17.5 Å². The van der Waals surface area contributed by atoms with Gasteiger partial charge in [-0.15, -0.1) is 35.3 Å². The summed E-state index contributed by atoms with van der Waals surface area (Å²) in [7, 11) is 11.4. The molecule has 2 rings (SSSR count). The summed E-state index contributed by atoms with van der Waals surface area (Å²) < 4.78 is 10.8. The molecule has 29 heavy (non-hydrogen) atoms. The molecule has 1 aromatic heterocycles. The Bertz CT molecular complexity index is 753. The fraction of sp³-hybridized carbons (Fsp3) is 0.476. The minimum atomic E-state index is 0. The largest absolute Gasteiger partial charge is 0.493 e. The van der Waals surface area contributed by atoms with Crippen molar-refractivity contribution in [3.63, 3.8) is 0 Å². The molecule has 0 bridgehead atoms. The Labute approximate surface area is 195 Å². The fourth-order valence-corrected chi connectivity index (χ4v) is 3.77. The topological polar surface area (TPSA) is 49.3 Å². The summed E-state index contributed by atoms with van der Waals surface area (Å²) >= 11 is 1.79. The maximum Gasteiger partial charge on any atom is 0.193 e. The van der Waals surface area contributed by atoms with E-state index in [1.165, 1.54) is 4.88 Å². The molecule has 0 fully saturated rings. The van der Waals surface area contributed by atoms with Crippen molar-refractivity contribution >= 4 is 41.3 Å². The smallest absolute Gasteiger partial charge is 0.193 e. The van der Waals surface area contributed by atoms with E-state index in [9.17, 15) is 0 Å². The van der Waals surface area contributed by atoms with Crippen LogP contribution in [0.15, 0.2) is 40.7 Å². The third-order valence-electron chi connectivity index (χ3n) is 4.72. The standard InChI is InChI=1S/C21H32N4O2S.HI/c1-22-21(25(4)12-11-17-8-7-13-28-17)23-15-18(24(2)3)16-9-10-19(26-5)20(14-16)27-6;/h7-10,13-14,18H,11-12,15H2,1-6H3,(H,22,23);1H. The van der Waals surface area contributed by atoms with Gasteiger partial charge in [-0.3, -0.25) is 4.99 Å². The predicted molar refractivity (Wildman–Crippen MR) is 133 cm³/mol. The van der Waals surface area contributed by atoms with Crippen molar-refractivity contribution in [1.29, 1.82) is 0 Å². The number of nitrogens with zero attached hydrogens (tertiary/aromatic N) is 3. The zero-order valence-electron chi connectivity index (χ0n) is 18.1. The fourth-order valence-electron chi connectivity index (χ4n) is 3.07. The lowest BCUT2D eigenvalue weighted by atomic mass is 10.1. The lowest BCUT2D eigenvalue weighted by Crippen LogP contribution is -2.43. The van der Waals surface area contributed by atoms with E-state index < -0.39 is 0 Å². The van der Waals surface area contributed by atoms with E-state index in [0.717, 1.165) is 42.5 Å². The minimum absolute atomic E-state index is 0. The third kappa shape index (κ3) is 7.35. The number of benzene rings is 1. The normalized spacial score (nSPS) is 12.3. The van der Waals surface area contributed by atoms with Crippen LogP contribution in [0.25, 0.3) is 0 Å². The maximum absolute atomic E-state index is 5.46. The zero-order chi connectivity index (χ0) is 20.5. The summed E-state index contributed by atoms with van der Waals surface area (Å²) in [6.45, 7) is 1.65. The highest BCUT2D eigenvalue weighted by atomic mass is 127. The molecule has 0 radical (unpaired) electrons. The number of methoxy groups -OCH3 is 2. The van der Waals surface area contributed by atoms with E-state index in [4.69, 9.17) is 9.47 Å². The SMILES string of the molecule is CN=C(NCC(c1ccc(OC)c(OC)c1)N(C)C)N(C)CCc1cccs1.I. The average Bonchev–Trinajstić information content (AvgIpc) is 3.22. The Morgan fingerprint density at radius 3 is 2.41 bits per heavy atom. The lowest BCUT2D eigenvalue weighted by Gasteiger charge is -2.28. The Balaban J connectivity index is 0.00000420. The van der Waals surface area contributed by atoms with Crippen molar-refractivity contribution in [2.75, 3.05) is 55.5 Å². The molecule has 6 nitrogen and oxygen atoms in total. The number of halogens is 1. The summed E-state index contributed by atoms with van der Waals surface area (Å²) in [6.07, 6.45) is 1.02. The second kappa shape index (κ2) is 12.9. The Hall–Kier alpha value is -1.52. The molecule has 0 saturated carbocycles. The van der Waals surface area contributed by atoms with E-state index in [1.807, 2.05) is 19.2 Å². The molecule has 1 heterocycles. The maximum atomic E-state index is 5.46. The quantitative estimate of drug-likeness (QED) is 0.303. The molecule has 0 saturated heterocycles. The van der Waals surface area contributed by atoms with Crippen molar-refractivity contribution in [2.45, 2.75) is 12.5 Å². The van der Waals surface area contributed by atoms with Crippen molar-refractivity contribution in [3.8, 4) is 11.5 Å². The number of thiophene rings is 1. The summed E-state index contributed by atoms with van der Waals surface area (Å²) in [5.74, 6) is 2.37. The molecule has 162 valence electrons. The van der Waals surface area contributed by atoms with E-state index in [-0.39, 0.29) is 30.0 Å². The number of hydrogen-bond donors (Lipinski definition) is 1. The van der Waals surface area contributed by atoms with E-state index >= 15 is 0 Å². The van der Waals surface area contributed by atoms with E-state index in [0.29, 0.717) is 0 Å². The number of guanidine groups is 1. The van der Waals surface area contributed by atoms with Crippen LogP contribution in [-0.2, 0) is 6.42 Å². The average molecular weight is 532 g/mol. The molecule has 1 atom stereocenters. The van der Waals surface area contributed by atoms with Crippen molar-refractivity contribution in [2.24, 2.45) is 4.99 Å². The highest BCUT2D eigenvalue weighted by Crippen LogP contribution is 2.31. The van der Waals surface area contributed by atoms with Crippen LogP contribution in [0.3, 0.4) is 0 Å². The van der Waals surface area contributed by atoms with Gasteiger partial charge in [-0.25, -0.2) is 0 Å². The summed E-state index contributed by atoms with van der Waals surface area (Å²) in [6, 6.07) is 10.5. The number of nitrogens with one attached hydrogen (secondary N) is 1. The second-order valence-electron chi connectivity index (χ2n) is 6.77. The summed E-state index contributed by atoms with van der Waals surface area (Å²) in [4.78, 5) is 10.2. The molecule has 0 amide bonds. The second-order valence-corrected chi connectivity index (χ2v) is 7.81. The molecule has 1 N–H and O–H groups in total. The van der Waals surface area contributed by atoms with Gasteiger partial charge in [-0.2, -0.15) is 0 Å². The lowest BCUT2D eigenvalue weighted by molar-refractivity contribution is 0.293. The van der Waals surface area contributed by atoms with Crippen LogP contribution in [0.1, 0.15) is 16.5 Å². The van der Waals surface area contributed by atoms with Gasteiger partial charge in [-0.1, -0.05) is 12.1 Å². The van der Waals surface area contributed by atoms with Gasteiger partial charge in [0, 0.05) is 32.1 Å². The predicted octanol–water partition coefficient (Wildman–Crippen LogP) is 3.74. The van der Waals surface area contributed by atoms with Gasteiger partial charge in [-0.05, 0) is 49.7 Å². The van der Waals surface area contributed by atoms with Crippen LogP contribution in [0.5, 0.6) is 11.5 Å². The molecule has 0 aliphatic rings. The minimum Gasteiger partial charge on any atom is -0.493 e. The molecular weight excluding hydrogens is 499 g/mol. The monoisotopic (exact) mass is 532 g/mol. The van der Waals surface area contributed by atoms with Gasteiger partial charge < -0.3 is 24.6 Å². The number of likely N-dealkylation sites (N-methyl/N-ethyl adjacent to an activating group) is 2. The van der Waals surface area contributed by atoms with Crippen molar-refractivity contribution in [1.82, 2.24) is 15.1 Å². The van der Waals surface area contributed by atoms with Crippen LogP contribution in [0, 0.1) is 0 Å². The molecule has 0 spiro atoms. The first kappa shape index (κ1) is 25.5. The van der Waals surface area contributed by atoms with E-state index in [2.05, 4.69) is 64.8 Å². The Kier molecular flexibility index (Phi) is 11.4. The first-order valence-corrected chi connectivity index (χ1v) is 10.2. The number of aliphatic imine (C=N–C) groups is 1.